The molecular formula is C80H114N28O18. The van der Waals surface area contributed by atoms with Gasteiger partial charge in [-0.15, -0.1) is 67.8 Å². The Kier molecular flexibility index (Phi) is 39.3. The van der Waals surface area contributed by atoms with Crippen molar-refractivity contribution in [2.75, 3.05) is 54.0 Å². The molecule has 12 heterocycles. The lowest BCUT2D eigenvalue weighted by Gasteiger charge is -2.21. The smallest absolute Gasteiger partial charge is 0.305 e. The van der Waals surface area contributed by atoms with E-state index in [4.69, 9.17) is 85.0 Å². The maximum atomic E-state index is 11.7. The van der Waals surface area contributed by atoms with Gasteiger partial charge in [0.2, 0.25) is 6.29 Å². The molecule has 5 aliphatic heterocycles. The van der Waals surface area contributed by atoms with E-state index in [1.165, 1.54) is 39.3 Å². The molecule has 0 spiro atoms. The highest BCUT2D eigenvalue weighted by Gasteiger charge is 2.49. The average molecular weight is 1760 g/mol. The predicted octanol–water partition coefficient (Wildman–Crippen LogP) is 2.64. The minimum atomic E-state index is -1.24. The summed E-state index contributed by atoms with van der Waals surface area (Å²) in [6, 6.07) is 0. The second-order valence-corrected chi connectivity index (χ2v) is 30.1. The van der Waals surface area contributed by atoms with Crippen LogP contribution in [0.5, 0.6) is 0 Å². The maximum absolute atomic E-state index is 11.7. The summed E-state index contributed by atoms with van der Waals surface area (Å²) in [4.78, 5) is 66.0. The standard InChI is InChI=1S/C19H28N10O3.C17H22N4O3.C15H22N10O4.C11H18O5.C9H15N3O3.C9H9N/c1-6-16-12(2)18(31-13(3)30)19(32-16)29-11-17(22-25-29)28(9-14-7-26(4)23-20-14)10-15-8-27(5)24-21-15;1-6-9-20(10-7-2)15-11-21(19-18-15)17-16(23-13(5)22)12(4)14(8-3)24-17;1-22-3-9(16-19-22)5-24(6-10-4-23(2)20-17-10)12-7-25(21-18-12)15-14(28)13(27)11(8-26)29-15;1-5-9-6(2)10(14-7(3)12)11(16-9)15-8(4)13;1-4-7-5(2)8(14-6(3)13)9(15-7)11-12-10;1-4-7-10(8-5-2)9-6-3/h7-8,11-12,16,18-19H,6,9-10H2,1-5H3;1-2,11-12,14,16-17H,8-10H2,3-5H3;3-4,7,11,13-15,26-28H,5-6,8H2,1-2H3;6,9-11H,5H2,1-4H3;5,7-9H,4H2,1-3H3;1-3H,7-9H2/t12-,16+,18?,19+;12-,14+,16?,17+;11-,13+,14?,15-;6-,9+,10?,11+;5-,7+,8?,9+;/m00100./s1. The zero-order valence-corrected chi connectivity index (χ0v) is 73.9. The molecule has 7 aromatic rings. The second kappa shape index (κ2) is 49.2. The molecule has 682 valence electrons. The number of aromatic nitrogens is 21. The van der Waals surface area contributed by atoms with Gasteiger partial charge in [0.1, 0.15) is 47.2 Å². The summed E-state index contributed by atoms with van der Waals surface area (Å²) in [5.74, 6) is 12.4. The molecule has 12 rings (SSSR count). The van der Waals surface area contributed by atoms with Crippen LogP contribution in [0, 0.1) is 85.4 Å². The van der Waals surface area contributed by atoms with E-state index in [1.807, 2.05) is 96.6 Å². The van der Waals surface area contributed by atoms with Crippen molar-refractivity contribution in [3.05, 3.63) is 76.6 Å². The maximum Gasteiger partial charge on any atom is 0.305 e. The number of aliphatic hydroxyl groups excluding tert-OH is 3. The molecule has 5 fully saturated rings. The van der Waals surface area contributed by atoms with Gasteiger partial charge < -0.3 is 77.4 Å². The summed E-state index contributed by atoms with van der Waals surface area (Å²) < 4.78 is 65.9. The molecule has 3 N–H and O–H groups in total. The van der Waals surface area contributed by atoms with E-state index >= 15 is 0 Å². The Morgan fingerprint density at radius 1 is 0.421 bits per heavy atom. The minimum Gasteiger partial charge on any atom is -0.459 e. The van der Waals surface area contributed by atoms with Gasteiger partial charge in [-0.2, -0.15) is 0 Å². The van der Waals surface area contributed by atoms with Crippen molar-refractivity contribution in [3.63, 3.8) is 0 Å². The summed E-state index contributed by atoms with van der Waals surface area (Å²) in [6.07, 6.45) is 32.7. The van der Waals surface area contributed by atoms with Gasteiger partial charge in [-0.25, -0.2) is 14.0 Å². The van der Waals surface area contributed by atoms with Crippen LogP contribution in [0.1, 0.15) is 157 Å². The van der Waals surface area contributed by atoms with Gasteiger partial charge in [0.15, 0.2) is 60.7 Å². The molecular weight excluding hydrogens is 1640 g/mol. The van der Waals surface area contributed by atoms with Crippen LogP contribution in [-0.4, -0.2) is 274 Å². The second-order valence-electron chi connectivity index (χ2n) is 30.1. The topological polar surface area (TPSA) is 515 Å². The van der Waals surface area contributed by atoms with Crippen molar-refractivity contribution >= 4 is 47.3 Å². The number of carbonyl (C=O) groups excluding carboxylic acids is 5. The zero-order valence-electron chi connectivity index (χ0n) is 73.9. The van der Waals surface area contributed by atoms with E-state index < -0.39 is 92.5 Å². The summed E-state index contributed by atoms with van der Waals surface area (Å²) in [7, 11) is 7.19. The van der Waals surface area contributed by atoms with Crippen LogP contribution >= 0.6 is 0 Å². The van der Waals surface area contributed by atoms with Crippen molar-refractivity contribution in [3.8, 4) is 61.7 Å². The number of anilines is 3. The quantitative estimate of drug-likeness (QED) is 0.0145. The zero-order chi connectivity index (χ0) is 92.6. The summed E-state index contributed by atoms with van der Waals surface area (Å²) >= 11 is 0. The first-order valence-corrected chi connectivity index (χ1v) is 40.6. The summed E-state index contributed by atoms with van der Waals surface area (Å²) in [5, 5.41) is 90.5. The molecule has 0 bridgehead atoms. The SMILES string of the molecule is C#CCN(CC#C)CC#C.C#CCN(CC#C)c1cn([C@@H]2O[C@H](CC)[C@H](C)C2OC(C)=O)nn1.CC[C@H]1O[C@@H](N=[N+]=[N-])C(OC(C)=O)[C@H]1C.CC[C@H]1O[C@@H](OC(C)=O)C(OC(C)=O)[C@H]1C.CC[C@H]1O[C@@H](n2cc(N(Cc3cn(C)nn3)Cc3cn(C)nn3)nn2)C(OC(C)=O)[C@H]1C.Cn1cc(CN(Cc2cn(C)nn2)c2cn([C@@H]3O[C@H](CO)[C@H](O)C3O)nn2)nn1. The number of rotatable bonds is 30. The molecule has 7 aromatic heterocycles. The highest BCUT2D eigenvalue weighted by atomic mass is 16.7. The Morgan fingerprint density at radius 3 is 1.05 bits per heavy atom. The molecule has 0 saturated carbocycles. The van der Waals surface area contributed by atoms with Crippen molar-refractivity contribution in [2.45, 2.75) is 240 Å². The third-order valence-corrected chi connectivity index (χ3v) is 20.3. The molecule has 5 saturated heterocycles. The Labute approximate surface area is 730 Å². The van der Waals surface area contributed by atoms with Crippen LogP contribution in [0.4, 0.5) is 17.5 Å². The largest absolute Gasteiger partial charge is 0.459 e. The lowest BCUT2D eigenvalue weighted by Crippen LogP contribution is -2.33. The van der Waals surface area contributed by atoms with Gasteiger partial charge in [0, 0.05) is 116 Å². The number of ether oxygens (including phenoxy) is 10. The molecule has 46 nitrogen and oxygen atoms in total. The number of carbonyl (C=O) groups is 5. The number of azide groups is 1. The molecule has 0 radical (unpaired) electrons. The summed E-state index contributed by atoms with van der Waals surface area (Å²) in [5.41, 5.74) is 11.4. The number of hydrogen-bond donors (Lipinski definition) is 3. The Hall–Kier alpha value is -12.5. The van der Waals surface area contributed by atoms with Crippen molar-refractivity contribution in [2.24, 2.45) is 57.0 Å². The van der Waals surface area contributed by atoms with E-state index in [1.54, 1.807) is 78.1 Å². The normalized spacial score (nSPS) is 25.3. The summed E-state index contributed by atoms with van der Waals surface area (Å²) in [6.45, 7) is 26.1. The molecule has 126 heavy (non-hydrogen) atoms. The van der Waals surface area contributed by atoms with E-state index in [9.17, 15) is 39.3 Å². The van der Waals surface area contributed by atoms with Gasteiger partial charge in [-0.05, 0) is 31.2 Å². The fourth-order valence-corrected chi connectivity index (χ4v) is 14.3. The van der Waals surface area contributed by atoms with Crippen LogP contribution in [-0.2, 0) is 126 Å². The molecule has 46 heteroatoms. The molecule has 0 amide bonds. The van der Waals surface area contributed by atoms with Gasteiger partial charge in [0.05, 0.1) is 109 Å². The number of aliphatic hydroxyl groups is 3. The number of aryl methyl sites for hydroxylation is 4. The lowest BCUT2D eigenvalue weighted by atomic mass is 9.98. The van der Waals surface area contributed by atoms with Crippen LogP contribution in [0.25, 0.3) is 10.4 Å². The molecule has 0 aliphatic carbocycles. The van der Waals surface area contributed by atoms with Crippen LogP contribution in [0.3, 0.4) is 0 Å². The van der Waals surface area contributed by atoms with Crippen molar-refractivity contribution in [1.29, 1.82) is 0 Å². The highest BCUT2D eigenvalue weighted by Crippen LogP contribution is 2.40. The first-order valence-electron chi connectivity index (χ1n) is 40.6. The number of esters is 5. The monoisotopic (exact) mass is 1750 g/mol. The number of terminal acetylenes is 5. The Morgan fingerprint density at radius 2 is 0.730 bits per heavy atom. The van der Waals surface area contributed by atoms with Crippen molar-refractivity contribution in [1.82, 2.24) is 110 Å². The van der Waals surface area contributed by atoms with Gasteiger partial charge in [-0.1, -0.05) is 127 Å². The van der Waals surface area contributed by atoms with Crippen LogP contribution < -0.4 is 14.7 Å². The predicted molar refractivity (Wildman–Crippen MR) is 446 cm³/mol. The number of hydrogen-bond acceptors (Lipinski definition) is 37. The van der Waals surface area contributed by atoms with E-state index in [2.05, 4.69) is 112 Å². The Bertz CT molecular complexity index is 4750. The van der Waals surface area contributed by atoms with Crippen LogP contribution in [0.2, 0.25) is 0 Å². The fourth-order valence-electron chi connectivity index (χ4n) is 14.3. The minimum absolute atomic E-state index is 0.0143. The number of nitrogens with zero attached hydrogens (tertiary/aromatic N) is 28. The van der Waals surface area contributed by atoms with Gasteiger partial charge >= 0.3 is 29.8 Å². The Balaban J connectivity index is 0.000000215. The molecule has 20 atom stereocenters. The van der Waals surface area contributed by atoms with Crippen LogP contribution in [0.15, 0.2) is 48.5 Å². The highest BCUT2D eigenvalue weighted by molar-refractivity contribution is 5.68. The third kappa shape index (κ3) is 28.5. The molecule has 0 aromatic carbocycles. The van der Waals surface area contributed by atoms with E-state index in [0.29, 0.717) is 76.4 Å². The van der Waals surface area contributed by atoms with Crippen molar-refractivity contribution < 1.29 is 86.7 Å². The molecule has 5 aliphatic rings. The first-order chi connectivity index (χ1) is 60.2. The fraction of sp³-hybridized carbons (Fsp3) is 0.637. The molecule has 5 unspecified atom stereocenters. The van der Waals surface area contributed by atoms with Gasteiger partial charge in [0.25, 0.3) is 0 Å². The van der Waals surface area contributed by atoms with Gasteiger partial charge in [-0.3, -0.25) is 47.6 Å². The van der Waals surface area contributed by atoms with E-state index in [0.717, 1.165) is 48.5 Å². The third-order valence-electron chi connectivity index (χ3n) is 20.3. The first kappa shape index (κ1) is 101. The lowest BCUT2D eigenvalue weighted by molar-refractivity contribution is -0.194. The van der Waals surface area contributed by atoms with E-state index in [-0.39, 0.29) is 66.0 Å². The average Bonchev–Trinajstić information content (AvgIpc) is 1.79.